The number of nitrogen functional groups attached to an aromatic ring is 2. The van der Waals surface area contributed by atoms with Gasteiger partial charge in [0.25, 0.3) is 0 Å². The number of hydrogen-bond acceptors (Lipinski definition) is 5. The zero-order valence-corrected chi connectivity index (χ0v) is 11.1. The number of imidazole rings is 1. The van der Waals surface area contributed by atoms with Crippen LogP contribution in [0.15, 0.2) is 36.7 Å². The molecule has 0 atom stereocenters. The molecule has 0 amide bonds. The zero-order valence-electron chi connectivity index (χ0n) is 11.1. The number of nitrogens with zero attached hydrogens (tertiary/aromatic N) is 3. The van der Waals surface area contributed by atoms with Gasteiger partial charge in [0.05, 0.1) is 12.8 Å². The summed E-state index contributed by atoms with van der Waals surface area (Å²) in [5, 5.41) is 4.25. The first-order valence-electron chi connectivity index (χ1n) is 6.19. The van der Waals surface area contributed by atoms with Crippen molar-refractivity contribution in [2.24, 2.45) is 0 Å². The van der Waals surface area contributed by atoms with E-state index in [0.717, 1.165) is 16.9 Å². The standard InChI is InChI=1S/C14H15N5O/c1-20-10-4-2-9(3-5-10)8-11-12(15)14-17-6-7-19(14)18-13(11)16/h2-7H,8,15H2,1H3,(H2,16,18). The number of rotatable bonds is 3. The number of anilines is 2. The van der Waals surface area contributed by atoms with Crippen molar-refractivity contribution in [1.29, 1.82) is 0 Å². The smallest absolute Gasteiger partial charge is 0.177 e. The first-order chi connectivity index (χ1) is 9.69. The summed E-state index contributed by atoms with van der Waals surface area (Å²) in [6.07, 6.45) is 3.98. The maximum Gasteiger partial charge on any atom is 0.177 e. The molecule has 3 rings (SSSR count). The Bertz CT molecular complexity index is 748. The number of aromatic nitrogens is 3. The largest absolute Gasteiger partial charge is 0.497 e. The molecule has 2 heterocycles. The molecule has 0 unspecified atom stereocenters. The van der Waals surface area contributed by atoms with Crippen molar-refractivity contribution in [3.05, 3.63) is 47.8 Å². The maximum atomic E-state index is 6.14. The summed E-state index contributed by atoms with van der Waals surface area (Å²) in [6, 6.07) is 7.77. The third-order valence-corrected chi connectivity index (χ3v) is 3.25. The van der Waals surface area contributed by atoms with E-state index in [-0.39, 0.29) is 0 Å². The highest BCUT2D eigenvalue weighted by Crippen LogP contribution is 2.25. The lowest BCUT2D eigenvalue weighted by Crippen LogP contribution is -2.08. The van der Waals surface area contributed by atoms with E-state index in [1.54, 1.807) is 24.0 Å². The van der Waals surface area contributed by atoms with Crippen LogP contribution in [0, 0.1) is 0 Å². The van der Waals surface area contributed by atoms with Crippen LogP contribution in [-0.4, -0.2) is 21.7 Å². The molecular formula is C14H15N5O. The number of nitrogens with two attached hydrogens (primary N) is 2. The third kappa shape index (κ3) is 2.01. The molecule has 20 heavy (non-hydrogen) atoms. The molecule has 0 bridgehead atoms. The van der Waals surface area contributed by atoms with Crippen LogP contribution < -0.4 is 16.2 Å². The number of fused-ring (bicyclic) bond motifs is 1. The van der Waals surface area contributed by atoms with Gasteiger partial charge in [0.1, 0.15) is 11.6 Å². The Morgan fingerprint density at radius 3 is 2.65 bits per heavy atom. The van der Waals surface area contributed by atoms with Crippen LogP contribution in [0.5, 0.6) is 5.75 Å². The highest BCUT2D eigenvalue weighted by Gasteiger charge is 2.12. The predicted molar refractivity (Wildman–Crippen MR) is 77.6 cm³/mol. The molecule has 0 saturated heterocycles. The molecule has 0 saturated carbocycles. The van der Waals surface area contributed by atoms with E-state index < -0.39 is 0 Å². The first-order valence-corrected chi connectivity index (χ1v) is 6.19. The van der Waals surface area contributed by atoms with Gasteiger partial charge in [0.2, 0.25) is 0 Å². The average molecular weight is 269 g/mol. The Balaban J connectivity index is 2.00. The molecule has 2 aromatic heterocycles. The number of methoxy groups -OCH3 is 1. The third-order valence-electron chi connectivity index (χ3n) is 3.25. The summed E-state index contributed by atoms with van der Waals surface area (Å²) in [5.74, 6) is 1.24. The van der Waals surface area contributed by atoms with E-state index in [1.165, 1.54) is 0 Å². The van der Waals surface area contributed by atoms with Crippen LogP contribution >= 0.6 is 0 Å². The Hall–Kier alpha value is -2.76. The van der Waals surface area contributed by atoms with Gasteiger partial charge in [0.15, 0.2) is 5.65 Å². The first kappa shape index (κ1) is 12.3. The minimum atomic E-state index is 0.420. The van der Waals surface area contributed by atoms with Crippen molar-refractivity contribution in [2.45, 2.75) is 6.42 Å². The minimum Gasteiger partial charge on any atom is -0.497 e. The lowest BCUT2D eigenvalue weighted by Gasteiger charge is -2.10. The lowest BCUT2D eigenvalue weighted by molar-refractivity contribution is 0.414. The van der Waals surface area contributed by atoms with Gasteiger partial charge >= 0.3 is 0 Å². The summed E-state index contributed by atoms with van der Waals surface area (Å²) in [4.78, 5) is 4.19. The van der Waals surface area contributed by atoms with Crippen molar-refractivity contribution >= 4 is 17.2 Å². The molecule has 0 radical (unpaired) electrons. The molecule has 102 valence electrons. The van der Waals surface area contributed by atoms with Crippen LogP contribution in [0.3, 0.4) is 0 Å². The summed E-state index contributed by atoms with van der Waals surface area (Å²) < 4.78 is 6.72. The zero-order chi connectivity index (χ0) is 14.1. The monoisotopic (exact) mass is 269 g/mol. The highest BCUT2D eigenvalue weighted by molar-refractivity contribution is 5.73. The van der Waals surface area contributed by atoms with E-state index in [4.69, 9.17) is 16.2 Å². The molecular weight excluding hydrogens is 254 g/mol. The Morgan fingerprint density at radius 2 is 1.95 bits per heavy atom. The summed E-state index contributed by atoms with van der Waals surface area (Å²) >= 11 is 0. The van der Waals surface area contributed by atoms with E-state index in [9.17, 15) is 0 Å². The predicted octanol–water partition coefficient (Wildman–Crippen LogP) is 1.49. The maximum absolute atomic E-state index is 6.14. The Morgan fingerprint density at radius 1 is 1.20 bits per heavy atom. The second-order valence-corrected chi connectivity index (χ2v) is 4.50. The van der Waals surface area contributed by atoms with Crippen LogP contribution in [0.4, 0.5) is 11.5 Å². The number of ether oxygens (including phenoxy) is 1. The number of hydrogen-bond donors (Lipinski definition) is 2. The van der Waals surface area contributed by atoms with Crippen molar-refractivity contribution in [3.63, 3.8) is 0 Å². The number of benzene rings is 1. The molecule has 4 N–H and O–H groups in total. The fourth-order valence-electron chi connectivity index (χ4n) is 2.15. The van der Waals surface area contributed by atoms with Gasteiger partial charge in [-0.15, -0.1) is 5.10 Å². The quantitative estimate of drug-likeness (QED) is 0.751. The fraction of sp³-hybridized carbons (Fsp3) is 0.143. The highest BCUT2D eigenvalue weighted by atomic mass is 16.5. The molecule has 0 aliphatic rings. The van der Waals surface area contributed by atoms with E-state index in [2.05, 4.69) is 10.1 Å². The van der Waals surface area contributed by atoms with Crippen LogP contribution in [-0.2, 0) is 6.42 Å². The van der Waals surface area contributed by atoms with Gasteiger partial charge in [-0.1, -0.05) is 12.1 Å². The van der Waals surface area contributed by atoms with Gasteiger partial charge < -0.3 is 16.2 Å². The molecule has 1 aromatic carbocycles. The second kappa shape index (κ2) is 4.73. The molecule has 0 fully saturated rings. The second-order valence-electron chi connectivity index (χ2n) is 4.50. The Kier molecular flexibility index (Phi) is 2.90. The van der Waals surface area contributed by atoms with Gasteiger partial charge in [-0.2, -0.15) is 0 Å². The van der Waals surface area contributed by atoms with Crippen LogP contribution in [0.1, 0.15) is 11.1 Å². The van der Waals surface area contributed by atoms with Crippen LogP contribution in [0.2, 0.25) is 0 Å². The van der Waals surface area contributed by atoms with E-state index in [1.807, 2.05) is 24.3 Å². The minimum absolute atomic E-state index is 0.420. The normalized spacial score (nSPS) is 10.8. The summed E-state index contributed by atoms with van der Waals surface area (Å²) in [5.41, 5.74) is 15.2. The van der Waals surface area contributed by atoms with Crippen molar-refractivity contribution in [2.75, 3.05) is 18.6 Å². The molecule has 0 aliphatic heterocycles. The molecule has 6 nitrogen and oxygen atoms in total. The van der Waals surface area contributed by atoms with Crippen molar-refractivity contribution < 1.29 is 4.74 Å². The lowest BCUT2D eigenvalue weighted by atomic mass is 10.0. The molecule has 6 heteroatoms. The SMILES string of the molecule is COc1ccc(Cc2c(N)nn3ccnc3c2N)cc1. The molecule has 0 aliphatic carbocycles. The van der Waals surface area contributed by atoms with E-state index >= 15 is 0 Å². The Labute approximate surface area is 116 Å². The van der Waals surface area contributed by atoms with E-state index in [0.29, 0.717) is 23.6 Å². The van der Waals surface area contributed by atoms with Gasteiger partial charge in [-0.05, 0) is 17.7 Å². The van der Waals surface area contributed by atoms with Gasteiger partial charge in [-0.3, -0.25) is 0 Å². The van der Waals surface area contributed by atoms with Crippen molar-refractivity contribution in [1.82, 2.24) is 14.6 Å². The average Bonchev–Trinajstić information content (AvgIpc) is 2.92. The van der Waals surface area contributed by atoms with Crippen molar-refractivity contribution in [3.8, 4) is 5.75 Å². The summed E-state index contributed by atoms with van der Waals surface area (Å²) in [6.45, 7) is 0. The molecule has 0 spiro atoms. The van der Waals surface area contributed by atoms with Crippen LogP contribution in [0.25, 0.3) is 5.65 Å². The topological polar surface area (TPSA) is 91.5 Å². The fourth-order valence-corrected chi connectivity index (χ4v) is 2.15. The molecule has 3 aromatic rings. The van der Waals surface area contributed by atoms with Gasteiger partial charge in [-0.25, -0.2) is 9.50 Å². The summed E-state index contributed by atoms with van der Waals surface area (Å²) in [7, 11) is 1.64. The van der Waals surface area contributed by atoms with Gasteiger partial charge in [0, 0.05) is 24.4 Å².